The van der Waals surface area contributed by atoms with E-state index < -0.39 is 23.1 Å². The van der Waals surface area contributed by atoms with Crippen molar-refractivity contribution in [2.24, 2.45) is 0 Å². The molecule has 0 bridgehead atoms. The molecule has 0 radical (unpaired) electrons. The standard InChI is InChI=1S/C19H26O5/c1-7-22-16(20)12-11-14-9-8-10-15(13-14)23-19(5,6)17(21)24-18(2,3)4/h8-13H,7H2,1-6H3. The highest BCUT2D eigenvalue weighted by Crippen LogP contribution is 2.23. The second-order valence-electron chi connectivity index (χ2n) is 6.77. The summed E-state index contributed by atoms with van der Waals surface area (Å²) in [7, 11) is 0. The highest BCUT2D eigenvalue weighted by Gasteiger charge is 2.34. The van der Waals surface area contributed by atoms with Gasteiger partial charge in [-0.05, 0) is 65.3 Å². The third-order valence-electron chi connectivity index (χ3n) is 2.82. The maximum atomic E-state index is 12.2. The first-order valence-corrected chi connectivity index (χ1v) is 7.91. The molecule has 0 aliphatic carbocycles. The smallest absolute Gasteiger partial charge is 0.350 e. The Morgan fingerprint density at radius 3 is 2.38 bits per heavy atom. The monoisotopic (exact) mass is 334 g/mol. The molecule has 1 aromatic carbocycles. The van der Waals surface area contributed by atoms with E-state index >= 15 is 0 Å². The molecule has 0 saturated carbocycles. The van der Waals surface area contributed by atoms with Crippen LogP contribution in [0.15, 0.2) is 30.3 Å². The van der Waals surface area contributed by atoms with Gasteiger partial charge in [-0.1, -0.05) is 12.1 Å². The molecule has 0 unspecified atom stereocenters. The van der Waals surface area contributed by atoms with Gasteiger partial charge in [0.1, 0.15) is 11.4 Å². The van der Waals surface area contributed by atoms with Gasteiger partial charge < -0.3 is 14.2 Å². The molecule has 0 amide bonds. The van der Waals surface area contributed by atoms with E-state index in [-0.39, 0.29) is 0 Å². The summed E-state index contributed by atoms with van der Waals surface area (Å²) in [5.74, 6) is -0.336. The summed E-state index contributed by atoms with van der Waals surface area (Å²) in [6, 6.07) is 7.09. The lowest BCUT2D eigenvalue weighted by Gasteiger charge is -2.29. The molecule has 1 rings (SSSR count). The minimum Gasteiger partial charge on any atom is -0.476 e. The largest absolute Gasteiger partial charge is 0.476 e. The van der Waals surface area contributed by atoms with E-state index in [1.807, 2.05) is 26.8 Å². The molecule has 5 nitrogen and oxygen atoms in total. The van der Waals surface area contributed by atoms with Gasteiger partial charge in [0.25, 0.3) is 0 Å². The van der Waals surface area contributed by atoms with Crippen LogP contribution < -0.4 is 4.74 Å². The van der Waals surface area contributed by atoms with Crippen molar-refractivity contribution in [1.29, 1.82) is 0 Å². The van der Waals surface area contributed by atoms with Crippen LogP contribution in [0.3, 0.4) is 0 Å². The summed E-state index contributed by atoms with van der Waals surface area (Å²) in [6.07, 6.45) is 2.98. The molecule has 0 N–H and O–H groups in total. The fourth-order valence-corrected chi connectivity index (χ4v) is 1.77. The Morgan fingerprint density at radius 1 is 1.12 bits per heavy atom. The maximum absolute atomic E-state index is 12.2. The van der Waals surface area contributed by atoms with Crippen molar-refractivity contribution >= 4 is 18.0 Å². The van der Waals surface area contributed by atoms with E-state index in [1.54, 1.807) is 45.0 Å². The van der Waals surface area contributed by atoms with Gasteiger partial charge in [-0.2, -0.15) is 0 Å². The average Bonchev–Trinajstić information content (AvgIpc) is 2.43. The molecule has 1 aromatic rings. The SMILES string of the molecule is CCOC(=O)C=Cc1cccc(OC(C)(C)C(=O)OC(C)(C)C)c1. The first kappa shape index (κ1) is 19.7. The summed E-state index contributed by atoms with van der Waals surface area (Å²) in [4.78, 5) is 23.6. The van der Waals surface area contributed by atoms with Crippen molar-refractivity contribution in [3.05, 3.63) is 35.9 Å². The quantitative estimate of drug-likeness (QED) is 0.585. The van der Waals surface area contributed by atoms with Crippen LogP contribution in [0, 0.1) is 0 Å². The van der Waals surface area contributed by atoms with Crippen LogP contribution in [-0.2, 0) is 19.1 Å². The van der Waals surface area contributed by atoms with Gasteiger partial charge >= 0.3 is 11.9 Å². The van der Waals surface area contributed by atoms with E-state index in [9.17, 15) is 9.59 Å². The van der Waals surface area contributed by atoms with Gasteiger partial charge in [-0.3, -0.25) is 0 Å². The van der Waals surface area contributed by atoms with Crippen LogP contribution in [0.25, 0.3) is 6.08 Å². The predicted molar refractivity (Wildman–Crippen MR) is 92.7 cm³/mol. The minimum absolute atomic E-state index is 0.330. The summed E-state index contributed by atoms with van der Waals surface area (Å²) >= 11 is 0. The number of carbonyl (C=O) groups excluding carboxylic acids is 2. The van der Waals surface area contributed by atoms with Gasteiger partial charge in [0.05, 0.1) is 6.61 Å². The molecule has 0 aliphatic heterocycles. The summed E-state index contributed by atoms with van der Waals surface area (Å²) in [5.41, 5.74) is -0.945. The number of rotatable bonds is 6. The number of ether oxygens (including phenoxy) is 3. The van der Waals surface area contributed by atoms with E-state index in [0.29, 0.717) is 12.4 Å². The first-order chi connectivity index (χ1) is 11.0. The molecule has 0 aliphatic rings. The van der Waals surface area contributed by atoms with E-state index in [1.165, 1.54) is 6.08 Å². The second-order valence-corrected chi connectivity index (χ2v) is 6.77. The lowest BCUT2D eigenvalue weighted by atomic mass is 10.1. The van der Waals surface area contributed by atoms with Gasteiger partial charge in [0.15, 0.2) is 5.60 Å². The zero-order valence-electron chi connectivity index (χ0n) is 15.2. The topological polar surface area (TPSA) is 61.8 Å². The number of hydrogen-bond donors (Lipinski definition) is 0. The normalized spacial score (nSPS) is 12.1. The Morgan fingerprint density at radius 2 is 1.79 bits per heavy atom. The van der Waals surface area contributed by atoms with Crippen molar-refractivity contribution in [3.63, 3.8) is 0 Å². The number of esters is 2. The molecule has 5 heteroatoms. The zero-order valence-corrected chi connectivity index (χ0v) is 15.2. The summed E-state index contributed by atoms with van der Waals surface area (Å²) < 4.78 is 16.0. The fraction of sp³-hybridized carbons (Fsp3) is 0.474. The number of benzene rings is 1. The van der Waals surface area contributed by atoms with Crippen LogP contribution >= 0.6 is 0 Å². The third kappa shape index (κ3) is 6.86. The van der Waals surface area contributed by atoms with Crippen molar-refractivity contribution in [1.82, 2.24) is 0 Å². The van der Waals surface area contributed by atoms with Gasteiger partial charge in [0.2, 0.25) is 0 Å². The van der Waals surface area contributed by atoms with E-state index in [2.05, 4.69) is 0 Å². The predicted octanol–water partition coefficient (Wildman–Crippen LogP) is 3.76. The fourth-order valence-electron chi connectivity index (χ4n) is 1.77. The van der Waals surface area contributed by atoms with E-state index in [4.69, 9.17) is 14.2 Å². The molecule has 0 spiro atoms. The van der Waals surface area contributed by atoms with Crippen LogP contribution in [0.4, 0.5) is 0 Å². The molecular weight excluding hydrogens is 308 g/mol. The summed E-state index contributed by atoms with van der Waals surface area (Å²) in [6.45, 7) is 10.8. The summed E-state index contributed by atoms with van der Waals surface area (Å²) in [5, 5.41) is 0. The Hall–Kier alpha value is -2.30. The van der Waals surface area contributed by atoms with Crippen LogP contribution in [0.5, 0.6) is 5.75 Å². The Kier molecular flexibility index (Phi) is 6.58. The highest BCUT2D eigenvalue weighted by atomic mass is 16.6. The zero-order chi connectivity index (χ0) is 18.4. The highest BCUT2D eigenvalue weighted by molar-refractivity contribution is 5.87. The van der Waals surface area contributed by atoms with Crippen LogP contribution in [-0.4, -0.2) is 29.7 Å². The van der Waals surface area contributed by atoms with Gasteiger partial charge in [0, 0.05) is 6.08 Å². The van der Waals surface area contributed by atoms with Gasteiger partial charge in [-0.15, -0.1) is 0 Å². The molecule has 24 heavy (non-hydrogen) atoms. The second kappa shape index (κ2) is 7.99. The minimum atomic E-state index is -1.13. The molecule has 0 fully saturated rings. The van der Waals surface area contributed by atoms with Crippen molar-refractivity contribution < 1.29 is 23.8 Å². The Labute approximate surface area is 143 Å². The van der Waals surface area contributed by atoms with Crippen LogP contribution in [0.2, 0.25) is 0 Å². The first-order valence-electron chi connectivity index (χ1n) is 7.91. The third-order valence-corrected chi connectivity index (χ3v) is 2.82. The Balaban J connectivity index is 2.83. The lowest BCUT2D eigenvalue weighted by molar-refractivity contribution is -0.170. The van der Waals surface area contributed by atoms with Crippen molar-refractivity contribution in [2.45, 2.75) is 52.7 Å². The van der Waals surface area contributed by atoms with E-state index in [0.717, 1.165) is 5.56 Å². The number of carbonyl (C=O) groups is 2. The molecule has 0 saturated heterocycles. The molecule has 0 heterocycles. The lowest BCUT2D eigenvalue weighted by Crippen LogP contribution is -2.43. The molecule has 0 atom stereocenters. The molecule has 0 aromatic heterocycles. The van der Waals surface area contributed by atoms with Crippen molar-refractivity contribution in [3.8, 4) is 5.75 Å². The number of hydrogen-bond acceptors (Lipinski definition) is 5. The molecular formula is C19H26O5. The van der Waals surface area contributed by atoms with Gasteiger partial charge in [-0.25, -0.2) is 9.59 Å². The Bertz CT molecular complexity index is 608. The van der Waals surface area contributed by atoms with Crippen molar-refractivity contribution in [2.75, 3.05) is 6.61 Å². The maximum Gasteiger partial charge on any atom is 0.350 e. The van der Waals surface area contributed by atoms with Crippen LogP contribution in [0.1, 0.15) is 47.1 Å². The average molecular weight is 334 g/mol. The molecule has 132 valence electrons.